The maximum absolute atomic E-state index is 15.8. The topological polar surface area (TPSA) is 102 Å². The third-order valence-corrected chi connectivity index (χ3v) is 7.84. The van der Waals surface area contributed by atoms with E-state index in [0.29, 0.717) is 28.8 Å². The summed E-state index contributed by atoms with van der Waals surface area (Å²) in [6.07, 6.45) is 1.97. The number of fused-ring (bicyclic) bond motifs is 1. The Labute approximate surface area is 268 Å². The van der Waals surface area contributed by atoms with Crippen LogP contribution in [0, 0.1) is 17.6 Å². The molecule has 0 unspecified atom stereocenters. The molecule has 0 spiro atoms. The summed E-state index contributed by atoms with van der Waals surface area (Å²) in [6.45, 7) is 1.28. The van der Waals surface area contributed by atoms with Crippen molar-refractivity contribution in [2.75, 3.05) is 61.5 Å². The van der Waals surface area contributed by atoms with E-state index in [9.17, 15) is 18.4 Å². The first kappa shape index (κ1) is 33.7. The summed E-state index contributed by atoms with van der Waals surface area (Å²) >= 11 is 0. The van der Waals surface area contributed by atoms with Gasteiger partial charge in [-0.25, -0.2) is 8.78 Å². The van der Waals surface area contributed by atoms with Crippen molar-refractivity contribution in [3.63, 3.8) is 0 Å². The van der Waals surface area contributed by atoms with Crippen LogP contribution in [0.25, 0.3) is 10.9 Å². The molecule has 1 saturated heterocycles. The van der Waals surface area contributed by atoms with E-state index in [1.165, 1.54) is 18.3 Å². The molecule has 14 heteroatoms. The number of hydrogen-bond acceptors (Lipinski definition) is 6. The maximum atomic E-state index is 15.8. The molecule has 1 aliphatic heterocycles. The van der Waals surface area contributed by atoms with Crippen molar-refractivity contribution in [1.29, 1.82) is 0 Å². The van der Waals surface area contributed by atoms with Gasteiger partial charge in [-0.2, -0.15) is 8.78 Å². The minimum atomic E-state index is -4.04. The molecule has 1 fully saturated rings. The second kappa shape index (κ2) is 14.4. The third kappa shape index (κ3) is 8.00. The third-order valence-electron chi connectivity index (χ3n) is 7.84. The summed E-state index contributed by atoms with van der Waals surface area (Å²) in [5.74, 6) is -9.91. The number of rotatable bonds is 12. The van der Waals surface area contributed by atoms with E-state index in [4.69, 9.17) is 4.74 Å². The van der Waals surface area contributed by atoms with Gasteiger partial charge in [0.15, 0.2) is 0 Å². The number of hydrogen-bond donors (Lipinski definition) is 4. The highest BCUT2D eigenvalue weighted by atomic mass is 19.3. The number of aromatic nitrogens is 1. The maximum Gasteiger partial charge on any atom is 0.330 e. The standard InChI is InChI=1S/C33H35F5N6O3/c1-43(2)11-3-10-39-23-4-6-26(30(18-23)44(38)32(46)33(36,37)20-8-12-47-13-9-20)31(45)42-29-19-40-28-7-5-24(17-27(28)29)41-25-15-21(34)14-22(35)16-25/h4-7,14-20,39-41H,3,8-13H2,1-2H3,(H,42,45). The van der Waals surface area contributed by atoms with Crippen molar-refractivity contribution < 1.29 is 36.4 Å². The summed E-state index contributed by atoms with van der Waals surface area (Å²) in [7, 11) is 3.82. The average Bonchev–Trinajstić information content (AvgIpc) is 3.43. The quantitative estimate of drug-likeness (QED) is 0.0737. The van der Waals surface area contributed by atoms with Crippen molar-refractivity contribution in [3.8, 4) is 0 Å². The van der Waals surface area contributed by atoms with Crippen LogP contribution in [-0.4, -0.2) is 68.0 Å². The van der Waals surface area contributed by atoms with E-state index in [0.717, 1.165) is 37.2 Å². The van der Waals surface area contributed by atoms with Crippen LogP contribution in [-0.2, 0) is 9.53 Å². The fraction of sp³-hybridized carbons (Fsp3) is 0.333. The van der Waals surface area contributed by atoms with Crippen LogP contribution in [0.1, 0.15) is 29.6 Å². The van der Waals surface area contributed by atoms with Gasteiger partial charge in [-0.15, -0.1) is 5.12 Å². The van der Waals surface area contributed by atoms with Crippen LogP contribution < -0.4 is 21.1 Å². The lowest BCUT2D eigenvalue weighted by molar-refractivity contribution is -0.159. The van der Waals surface area contributed by atoms with Gasteiger partial charge in [0.2, 0.25) is 0 Å². The molecule has 4 aromatic rings. The lowest BCUT2D eigenvalue weighted by atomic mass is 9.92. The van der Waals surface area contributed by atoms with Gasteiger partial charge in [-0.3, -0.25) is 9.59 Å². The van der Waals surface area contributed by atoms with Crippen molar-refractivity contribution >= 4 is 51.2 Å². The van der Waals surface area contributed by atoms with Gasteiger partial charge in [0, 0.05) is 65.9 Å². The Morgan fingerprint density at radius 2 is 1.66 bits per heavy atom. The molecule has 4 N–H and O–H groups in total. The van der Waals surface area contributed by atoms with E-state index in [2.05, 4.69) is 20.9 Å². The monoisotopic (exact) mass is 658 g/mol. The molecule has 250 valence electrons. The molecule has 1 aliphatic rings. The molecule has 9 nitrogen and oxygen atoms in total. The van der Waals surface area contributed by atoms with Crippen LogP contribution >= 0.6 is 0 Å². The summed E-state index contributed by atoms with van der Waals surface area (Å²) in [5.41, 5.74) is 0.768. The van der Waals surface area contributed by atoms with Gasteiger partial charge in [0.05, 0.1) is 16.9 Å². The lowest BCUT2D eigenvalue weighted by Crippen LogP contribution is -2.47. The molecule has 0 saturated carbocycles. The number of nitrogens with zero attached hydrogens (tertiary/aromatic N) is 2. The highest BCUT2D eigenvalue weighted by molar-refractivity contribution is 6.14. The molecule has 0 bridgehead atoms. The number of benzene rings is 3. The molecule has 0 atom stereocenters. The fourth-order valence-corrected chi connectivity index (χ4v) is 5.38. The fourth-order valence-electron chi connectivity index (χ4n) is 5.38. The molecular formula is C33H35F5N6O3. The number of alkyl halides is 2. The molecule has 47 heavy (non-hydrogen) atoms. The Morgan fingerprint density at radius 3 is 2.36 bits per heavy atom. The lowest BCUT2D eigenvalue weighted by Gasteiger charge is -2.30. The smallest absolute Gasteiger partial charge is 0.330 e. The number of nitrogens with one attached hydrogen (secondary N) is 4. The van der Waals surface area contributed by atoms with Crippen molar-refractivity contribution in [2.24, 2.45) is 5.92 Å². The zero-order chi connectivity index (χ0) is 33.7. The van der Waals surface area contributed by atoms with Crippen LogP contribution in [0.5, 0.6) is 0 Å². The van der Waals surface area contributed by atoms with Crippen molar-refractivity contribution in [1.82, 2.24) is 9.88 Å². The Morgan fingerprint density at radius 1 is 0.957 bits per heavy atom. The largest absolute Gasteiger partial charge is 0.385 e. The van der Waals surface area contributed by atoms with Crippen LogP contribution in [0.15, 0.2) is 60.8 Å². The van der Waals surface area contributed by atoms with E-state index in [-0.39, 0.29) is 43.0 Å². The zero-order valence-corrected chi connectivity index (χ0v) is 25.8. The van der Waals surface area contributed by atoms with Crippen molar-refractivity contribution in [3.05, 3.63) is 78.0 Å². The second-order valence-corrected chi connectivity index (χ2v) is 11.6. The SMILES string of the molecule is CN(C)CCCNc1ccc(C(=O)Nc2c[nH]c3ccc(Nc4cc(F)cc(F)c4)cc23)c(N(F)C(=O)C(F)(F)C2CCOCC2)c1. The Bertz CT molecular complexity index is 1720. The number of carbonyl (C=O) groups is 2. The number of ether oxygens (including phenoxy) is 1. The van der Waals surface area contributed by atoms with E-state index in [1.807, 2.05) is 19.0 Å². The average molecular weight is 659 g/mol. The van der Waals surface area contributed by atoms with Crippen LogP contribution in [0.2, 0.25) is 0 Å². The van der Waals surface area contributed by atoms with Gasteiger partial charge in [-0.1, -0.05) is 4.48 Å². The number of amides is 2. The highest BCUT2D eigenvalue weighted by Crippen LogP contribution is 2.37. The molecule has 0 aliphatic carbocycles. The minimum Gasteiger partial charge on any atom is -0.385 e. The number of carbonyl (C=O) groups excluding carboxylic acids is 2. The predicted molar refractivity (Wildman–Crippen MR) is 171 cm³/mol. The van der Waals surface area contributed by atoms with E-state index >= 15 is 13.3 Å². The van der Waals surface area contributed by atoms with Crippen LogP contribution in [0.4, 0.5) is 50.5 Å². The van der Waals surface area contributed by atoms with Gasteiger partial charge in [0.25, 0.3) is 5.91 Å². The molecule has 2 amide bonds. The summed E-state index contributed by atoms with van der Waals surface area (Å²) in [4.78, 5) is 31.5. The molecule has 1 aromatic heterocycles. The summed E-state index contributed by atoms with van der Waals surface area (Å²) in [5, 5.41) is 8.48. The molecule has 5 rings (SSSR count). The molecule has 2 heterocycles. The van der Waals surface area contributed by atoms with Gasteiger partial charge in [-0.05, 0) is 88.4 Å². The second-order valence-electron chi connectivity index (χ2n) is 11.6. The molecule has 0 radical (unpaired) electrons. The minimum absolute atomic E-state index is 0.0286. The summed E-state index contributed by atoms with van der Waals surface area (Å²) < 4.78 is 78.8. The predicted octanol–water partition coefficient (Wildman–Crippen LogP) is 7.09. The number of halogens is 5. The summed E-state index contributed by atoms with van der Waals surface area (Å²) in [6, 6.07) is 11.8. The van der Waals surface area contributed by atoms with E-state index in [1.54, 1.807) is 18.2 Å². The van der Waals surface area contributed by atoms with Crippen molar-refractivity contribution in [2.45, 2.75) is 25.2 Å². The number of H-pyrrole nitrogens is 1. The zero-order valence-electron chi connectivity index (χ0n) is 25.8. The Hall–Kier alpha value is -4.69. The normalized spacial score (nSPS) is 14.0. The Kier molecular flexibility index (Phi) is 10.3. The number of aromatic amines is 1. The molecule has 3 aromatic carbocycles. The first-order valence-corrected chi connectivity index (χ1v) is 15.1. The first-order valence-electron chi connectivity index (χ1n) is 15.1. The first-order chi connectivity index (χ1) is 22.4. The Balaban J connectivity index is 1.42. The van der Waals surface area contributed by atoms with Crippen LogP contribution in [0.3, 0.4) is 0 Å². The molecular weight excluding hydrogens is 623 g/mol. The van der Waals surface area contributed by atoms with Gasteiger partial charge < -0.3 is 30.6 Å². The number of anilines is 5. The van der Waals surface area contributed by atoms with Gasteiger partial charge in [0.1, 0.15) is 11.6 Å². The van der Waals surface area contributed by atoms with E-state index < -0.39 is 46.1 Å². The van der Waals surface area contributed by atoms with Gasteiger partial charge >= 0.3 is 11.8 Å². The highest BCUT2D eigenvalue weighted by Gasteiger charge is 2.51.